The number of methoxy groups -OCH3 is 1. The average molecular weight is 328 g/mol. The SMILES string of the molecule is COc1ccc(NC(=S)/C(=N\NC(N)=O)c2ccccc2)cc1. The third-order valence-corrected chi connectivity index (χ3v) is 3.18. The van der Waals surface area contributed by atoms with E-state index >= 15 is 0 Å². The van der Waals surface area contributed by atoms with Crippen LogP contribution in [0.2, 0.25) is 0 Å². The number of carbonyl (C=O) groups excluding carboxylic acids is 1. The van der Waals surface area contributed by atoms with Gasteiger partial charge in [-0.15, -0.1) is 0 Å². The first kappa shape index (κ1) is 16.4. The van der Waals surface area contributed by atoms with Crippen LogP contribution in [-0.2, 0) is 0 Å². The molecule has 0 fully saturated rings. The largest absolute Gasteiger partial charge is 0.497 e. The smallest absolute Gasteiger partial charge is 0.332 e. The van der Waals surface area contributed by atoms with E-state index in [2.05, 4.69) is 15.8 Å². The Morgan fingerprint density at radius 2 is 1.78 bits per heavy atom. The number of nitrogens with zero attached hydrogens (tertiary/aromatic N) is 1. The first-order chi connectivity index (χ1) is 11.1. The zero-order chi connectivity index (χ0) is 16.7. The summed E-state index contributed by atoms with van der Waals surface area (Å²) < 4.78 is 5.11. The average Bonchev–Trinajstić information content (AvgIpc) is 2.56. The molecule has 0 unspecified atom stereocenters. The van der Waals surface area contributed by atoms with Gasteiger partial charge in [0, 0.05) is 11.3 Å². The second-order valence-electron chi connectivity index (χ2n) is 4.49. The lowest BCUT2D eigenvalue weighted by Gasteiger charge is -2.11. The van der Waals surface area contributed by atoms with E-state index in [-0.39, 0.29) is 0 Å². The van der Waals surface area contributed by atoms with Gasteiger partial charge in [-0.25, -0.2) is 10.2 Å². The van der Waals surface area contributed by atoms with Gasteiger partial charge in [0.25, 0.3) is 0 Å². The zero-order valence-corrected chi connectivity index (χ0v) is 13.3. The lowest BCUT2D eigenvalue weighted by molar-refractivity contribution is 0.249. The van der Waals surface area contributed by atoms with Gasteiger partial charge in [0.15, 0.2) is 0 Å². The maximum absolute atomic E-state index is 10.9. The van der Waals surface area contributed by atoms with E-state index in [1.165, 1.54) is 0 Å². The molecule has 2 amide bonds. The molecule has 0 aliphatic rings. The van der Waals surface area contributed by atoms with E-state index in [0.29, 0.717) is 10.7 Å². The molecular formula is C16H16N4O2S. The molecule has 0 saturated heterocycles. The zero-order valence-electron chi connectivity index (χ0n) is 12.4. The highest BCUT2D eigenvalue weighted by Crippen LogP contribution is 2.16. The summed E-state index contributed by atoms with van der Waals surface area (Å²) in [4.78, 5) is 11.3. The number of anilines is 1. The van der Waals surface area contributed by atoms with Crippen molar-refractivity contribution in [3.63, 3.8) is 0 Å². The molecule has 0 saturated carbocycles. The predicted molar refractivity (Wildman–Crippen MR) is 94.9 cm³/mol. The van der Waals surface area contributed by atoms with E-state index in [0.717, 1.165) is 17.0 Å². The molecule has 0 bridgehead atoms. The van der Waals surface area contributed by atoms with Crippen LogP contribution in [0, 0.1) is 0 Å². The number of amides is 2. The monoisotopic (exact) mass is 328 g/mol. The fraction of sp³-hybridized carbons (Fsp3) is 0.0625. The summed E-state index contributed by atoms with van der Waals surface area (Å²) in [5.41, 5.74) is 9.22. The number of carbonyl (C=O) groups is 1. The van der Waals surface area contributed by atoms with Gasteiger partial charge in [-0.05, 0) is 24.3 Å². The molecule has 23 heavy (non-hydrogen) atoms. The van der Waals surface area contributed by atoms with Gasteiger partial charge in [0.1, 0.15) is 16.4 Å². The number of nitrogens with one attached hydrogen (secondary N) is 2. The van der Waals surface area contributed by atoms with Crippen molar-refractivity contribution in [3.8, 4) is 5.75 Å². The second-order valence-corrected chi connectivity index (χ2v) is 4.89. The van der Waals surface area contributed by atoms with Crippen molar-refractivity contribution >= 4 is 34.6 Å². The fourth-order valence-corrected chi connectivity index (χ4v) is 2.10. The lowest BCUT2D eigenvalue weighted by atomic mass is 10.1. The molecule has 0 radical (unpaired) electrons. The molecule has 0 atom stereocenters. The molecule has 4 N–H and O–H groups in total. The maximum atomic E-state index is 10.9. The summed E-state index contributed by atoms with van der Waals surface area (Å²) in [7, 11) is 1.60. The molecule has 7 heteroatoms. The molecular weight excluding hydrogens is 312 g/mol. The van der Waals surface area contributed by atoms with E-state index in [1.54, 1.807) is 7.11 Å². The quantitative estimate of drug-likeness (QED) is 0.447. The third kappa shape index (κ3) is 4.79. The molecule has 2 aromatic rings. The van der Waals surface area contributed by atoms with Crippen LogP contribution < -0.4 is 21.2 Å². The summed E-state index contributed by atoms with van der Waals surface area (Å²) in [6.07, 6.45) is 0. The molecule has 6 nitrogen and oxygen atoms in total. The van der Waals surface area contributed by atoms with Crippen molar-refractivity contribution in [1.82, 2.24) is 5.43 Å². The Morgan fingerprint density at radius 1 is 1.13 bits per heavy atom. The highest BCUT2D eigenvalue weighted by Gasteiger charge is 2.11. The first-order valence-corrected chi connectivity index (χ1v) is 7.15. The van der Waals surface area contributed by atoms with Crippen molar-refractivity contribution in [3.05, 3.63) is 60.2 Å². The minimum atomic E-state index is -0.759. The van der Waals surface area contributed by atoms with Crippen molar-refractivity contribution in [1.29, 1.82) is 0 Å². The third-order valence-electron chi connectivity index (χ3n) is 2.89. The number of hydrogen-bond donors (Lipinski definition) is 3. The van der Waals surface area contributed by atoms with Crippen molar-refractivity contribution in [2.24, 2.45) is 10.8 Å². The molecule has 2 aromatic carbocycles. The Hall–Kier alpha value is -2.93. The second kappa shape index (κ2) is 7.90. The standard InChI is InChI=1S/C16H16N4O2S/c1-22-13-9-7-12(8-10-13)18-15(23)14(19-20-16(17)21)11-5-3-2-4-6-11/h2-10H,1H3,(H,18,23)(H3,17,20,21)/b19-14-. The van der Waals surface area contributed by atoms with E-state index in [9.17, 15) is 4.79 Å². The van der Waals surface area contributed by atoms with E-state index < -0.39 is 6.03 Å². The Kier molecular flexibility index (Phi) is 5.65. The van der Waals surface area contributed by atoms with Crippen LogP contribution in [-0.4, -0.2) is 23.8 Å². The maximum Gasteiger partial charge on any atom is 0.332 e. The number of thiocarbonyl (C=S) groups is 1. The summed E-state index contributed by atoms with van der Waals surface area (Å²) in [5.74, 6) is 0.744. The van der Waals surface area contributed by atoms with Crippen molar-refractivity contribution < 1.29 is 9.53 Å². The molecule has 0 spiro atoms. The summed E-state index contributed by atoms with van der Waals surface area (Å²) in [6, 6.07) is 15.8. The number of ether oxygens (including phenoxy) is 1. The minimum Gasteiger partial charge on any atom is -0.497 e. The number of hydrazone groups is 1. The fourth-order valence-electron chi connectivity index (χ4n) is 1.82. The van der Waals surface area contributed by atoms with Crippen LogP contribution in [0.25, 0.3) is 0 Å². The molecule has 0 aromatic heterocycles. The summed E-state index contributed by atoms with van der Waals surface area (Å²) in [6.45, 7) is 0. The summed E-state index contributed by atoms with van der Waals surface area (Å²) in [5, 5.41) is 7.06. The minimum absolute atomic E-state index is 0.357. The van der Waals surface area contributed by atoms with Gasteiger partial charge in [-0.1, -0.05) is 42.5 Å². The van der Waals surface area contributed by atoms with E-state index in [1.807, 2.05) is 54.6 Å². The lowest BCUT2D eigenvalue weighted by Crippen LogP contribution is -2.30. The predicted octanol–water partition coefficient (Wildman–Crippen LogP) is 2.51. The number of benzene rings is 2. The van der Waals surface area contributed by atoms with Gasteiger partial charge in [0.2, 0.25) is 0 Å². The normalized spacial score (nSPS) is 10.7. The highest BCUT2D eigenvalue weighted by molar-refractivity contribution is 7.82. The first-order valence-electron chi connectivity index (χ1n) is 6.74. The van der Waals surface area contributed by atoms with Gasteiger partial charge in [0.05, 0.1) is 7.11 Å². The van der Waals surface area contributed by atoms with Crippen LogP contribution >= 0.6 is 12.2 Å². The highest BCUT2D eigenvalue weighted by atomic mass is 32.1. The van der Waals surface area contributed by atoms with Crippen LogP contribution in [0.15, 0.2) is 59.7 Å². The molecule has 118 valence electrons. The Bertz CT molecular complexity index is 715. The Morgan fingerprint density at radius 3 is 2.35 bits per heavy atom. The van der Waals surface area contributed by atoms with Crippen molar-refractivity contribution in [2.75, 3.05) is 12.4 Å². The Balaban J connectivity index is 2.22. The van der Waals surface area contributed by atoms with Crippen LogP contribution in [0.1, 0.15) is 5.56 Å². The van der Waals surface area contributed by atoms with Crippen molar-refractivity contribution in [2.45, 2.75) is 0 Å². The number of primary amides is 1. The van der Waals surface area contributed by atoms with Gasteiger partial charge in [-0.3, -0.25) is 0 Å². The van der Waals surface area contributed by atoms with Gasteiger partial charge < -0.3 is 15.8 Å². The van der Waals surface area contributed by atoms with Gasteiger partial charge >= 0.3 is 6.03 Å². The number of hydrogen-bond acceptors (Lipinski definition) is 4. The van der Waals surface area contributed by atoms with Crippen LogP contribution in [0.3, 0.4) is 0 Å². The topological polar surface area (TPSA) is 88.7 Å². The molecule has 0 aliphatic heterocycles. The van der Waals surface area contributed by atoms with Crippen LogP contribution in [0.4, 0.5) is 10.5 Å². The number of urea groups is 1. The van der Waals surface area contributed by atoms with E-state index in [4.69, 9.17) is 22.7 Å². The number of nitrogens with two attached hydrogens (primary N) is 1. The molecule has 0 aliphatic carbocycles. The van der Waals surface area contributed by atoms with Gasteiger partial charge in [-0.2, -0.15) is 5.10 Å². The molecule has 0 heterocycles. The molecule has 2 rings (SSSR count). The van der Waals surface area contributed by atoms with Crippen LogP contribution in [0.5, 0.6) is 5.75 Å². The summed E-state index contributed by atoms with van der Waals surface area (Å²) >= 11 is 5.39. The number of rotatable bonds is 5. The Labute approximate surface area is 139 Å².